The number of nitrogens with one attached hydrogen (secondary N) is 2. The Kier molecular flexibility index (Phi) is 12.3. The summed E-state index contributed by atoms with van der Waals surface area (Å²) in [4.78, 5) is 4.68. The van der Waals surface area contributed by atoms with E-state index >= 15 is 0 Å². The summed E-state index contributed by atoms with van der Waals surface area (Å²) < 4.78 is 7.76. The van der Waals surface area contributed by atoms with Gasteiger partial charge in [0.1, 0.15) is 17.9 Å². The summed E-state index contributed by atoms with van der Waals surface area (Å²) in [6.07, 6.45) is 4.56. The molecule has 1 heterocycles. The van der Waals surface area contributed by atoms with Crippen molar-refractivity contribution < 1.29 is 4.74 Å². The molecule has 0 atom stereocenters. The van der Waals surface area contributed by atoms with Crippen LogP contribution in [0.15, 0.2) is 35.6 Å². The van der Waals surface area contributed by atoms with Crippen molar-refractivity contribution in [3.8, 4) is 5.75 Å². The summed E-state index contributed by atoms with van der Waals surface area (Å²) in [6.45, 7) is 10.2. The summed E-state index contributed by atoms with van der Waals surface area (Å²) in [6, 6.07) is 8.26. The quantitative estimate of drug-likeness (QED) is 0.282. The number of guanidine groups is 1. The maximum atomic E-state index is 5.70. The Hall–Kier alpha value is -1.84. The summed E-state index contributed by atoms with van der Waals surface area (Å²) in [5, 5.41) is 14.7. The predicted molar refractivity (Wildman–Crippen MR) is 125 cm³/mol. The fraction of sp³-hybridized carbons (Fsp3) is 0.550. The van der Waals surface area contributed by atoms with Gasteiger partial charge < -0.3 is 19.9 Å². The molecule has 28 heavy (non-hydrogen) atoms. The number of hydrogen-bond donors (Lipinski definition) is 2. The smallest absolute Gasteiger partial charge is 0.191 e. The molecular weight excluding hydrogens is 467 g/mol. The minimum absolute atomic E-state index is 0. The molecule has 2 N–H and O–H groups in total. The maximum Gasteiger partial charge on any atom is 0.191 e. The lowest BCUT2D eigenvalue weighted by molar-refractivity contribution is 0.317. The summed E-state index contributed by atoms with van der Waals surface area (Å²) in [5.41, 5.74) is 1.24. The van der Waals surface area contributed by atoms with Gasteiger partial charge in [0, 0.05) is 32.6 Å². The van der Waals surface area contributed by atoms with Crippen LogP contribution in [0.4, 0.5) is 0 Å². The van der Waals surface area contributed by atoms with Gasteiger partial charge in [0.15, 0.2) is 5.96 Å². The van der Waals surface area contributed by atoms with E-state index in [1.165, 1.54) is 5.56 Å². The van der Waals surface area contributed by atoms with Crippen molar-refractivity contribution in [2.45, 2.75) is 46.6 Å². The Morgan fingerprint density at radius 3 is 2.82 bits per heavy atom. The third-order valence-corrected chi connectivity index (χ3v) is 4.04. The molecule has 0 saturated carbocycles. The number of nitrogens with zero attached hydrogens (tertiary/aromatic N) is 4. The highest BCUT2D eigenvalue weighted by atomic mass is 127. The Morgan fingerprint density at radius 2 is 2.07 bits per heavy atom. The van der Waals surface area contributed by atoms with Crippen LogP contribution in [-0.4, -0.2) is 47.0 Å². The van der Waals surface area contributed by atoms with E-state index < -0.39 is 0 Å². The highest BCUT2D eigenvalue weighted by Crippen LogP contribution is 2.14. The number of rotatable bonds is 11. The number of aryl methyl sites for hydroxylation is 1. The number of hydrogen-bond acceptors (Lipinski definition) is 4. The normalized spacial score (nSPS) is 11.0. The van der Waals surface area contributed by atoms with Crippen LogP contribution in [0.1, 0.15) is 38.6 Å². The van der Waals surface area contributed by atoms with Crippen LogP contribution in [-0.2, 0) is 19.4 Å². The van der Waals surface area contributed by atoms with E-state index in [9.17, 15) is 0 Å². The fourth-order valence-corrected chi connectivity index (χ4v) is 2.68. The lowest BCUT2D eigenvalue weighted by Gasteiger charge is -2.12. The SMILES string of the molecule is CCCOc1cccc(CCN=C(NCC)NCCn2cnnc2CC)c1.I. The number of ether oxygens (including phenoxy) is 1. The molecule has 7 nitrogen and oxygen atoms in total. The van der Waals surface area contributed by atoms with E-state index in [0.29, 0.717) is 0 Å². The van der Waals surface area contributed by atoms with Gasteiger partial charge in [-0.3, -0.25) is 4.99 Å². The third-order valence-electron chi connectivity index (χ3n) is 4.04. The zero-order valence-corrected chi connectivity index (χ0v) is 19.5. The summed E-state index contributed by atoms with van der Waals surface area (Å²) in [7, 11) is 0. The van der Waals surface area contributed by atoms with E-state index in [4.69, 9.17) is 4.74 Å². The summed E-state index contributed by atoms with van der Waals surface area (Å²) >= 11 is 0. The van der Waals surface area contributed by atoms with Crippen LogP contribution in [0.2, 0.25) is 0 Å². The zero-order chi connectivity index (χ0) is 19.3. The molecule has 0 radical (unpaired) electrons. The number of benzene rings is 1. The fourth-order valence-electron chi connectivity index (χ4n) is 2.68. The molecule has 2 rings (SSSR count). The first-order valence-electron chi connectivity index (χ1n) is 9.87. The topological polar surface area (TPSA) is 76.4 Å². The first-order chi connectivity index (χ1) is 13.3. The van der Waals surface area contributed by atoms with Gasteiger partial charge in [0.05, 0.1) is 6.61 Å². The second-order valence-corrected chi connectivity index (χ2v) is 6.23. The van der Waals surface area contributed by atoms with Crippen molar-refractivity contribution in [3.63, 3.8) is 0 Å². The highest BCUT2D eigenvalue weighted by Gasteiger charge is 2.02. The molecule has 0 amide bonds. The molecule has 8 heteroatoms. The predicted octanol–water partition coefficient (Wildman–Crippen LogP) is 3.05. The Balaban J connectivity index is 0.00000392. The Labute approximate surface area is 185 Å². The molecule has 1 aromatic heterocycles. The van der Waals surface area contributed by atoms with Crippen molar-refractivity contribution in [3.05, 3.63) is 42.0 Å². The van der Waals surface area contributed by atoms with E-state index in [0.717, 1.165) is 69.6 Å². The molecule has 0 aliphatic rings. The molecule has 156 valence electrons. The maximum absolute atomic E-state index is 5.70. The molecule has 1 aromatic carbocycles. The number of halogens is 1. The number of aliphatic imine (C=N–C) groups is 1. The molecule has 2 aromatic rings. The standard InChI is InChI=1S/C20H32N6O.HI/c1-4-14-27-18-9-7-8-17(15-18)10-11-22-20(21-6-3)23-12-13-26-16-24-25-19(26)5-2;/h7-9,15-16H,4-6,10-14H2,1-3H3,(H2,21,22,23);1H. The minimum atomic E-state index is 0. The molecule has 0 fully saturated rings. The van der Waals surface area contributed by atoms with Gasteiger partial charge in [0.2, 0.25) is 0 Å². The van der Waals surface area contributed by atoms with E-state index in [1.807, 2.05) is 12.1 Å². The first kappa shape index (κ1) is 24.2. The van der Waals surface area contributed by atoms with Crippen LogP contribution in [0.5, 0.6) is 5.75 Å². The van der Waals surface area contributed by atoms with Crippen LogP contribution in [0.3, 0.4) is 0 Å². The monoisotopic (exact) mass is 500 g/mol. The largest absolute Gasteiger partial charge is 0.494 e. The molecule has 0 spiro atoms. The highest BCUT2D eigenvalue weighted by molar-refractivity contribution is 14.0. The summed E-state index contributed by atoms with van der Waals surface area (Å²) in [5.74, 6) is 2.77. The van der Waals surface area contributed by atoms with Crippen LogP contribution < -0.4 is 15.4 Å². The van der Waals surface area contributed by atoms with Crippen LogP contribution in [0.25, 0.3) is 0 Å². The lowest BCUT2D eigenvalue weighted by Crippen LogP contribution is -2.39. The number of aromatic nitrogens is 3. The van der Waals surface area contributed by atoms with E-state index in [-0.39, 0.29) is 24.0 Å². The molecule has 0 aliphatic heterocycles. The second kappa shape index (κ2) is 14.2. The molecule has 0 unspecified atom stereocenters. The van der Waals surface area contributed by atoms with Crippen molar-refractivity contribution in [1.82, 2.24) is 25.4 Å². The van der Waals surface area contributed by atoms with Gasteiger partial charge in [-0.2, -0.15) is 0 Å². The van der Waals surface area contributed by atoms with Crippen molar-refractivity contribution in [2.24, 2.45) is 4.99 Å². The minimum Gasteiger partial charge on any atom is -0.494 e. The zero-order valence-electron chi connectivity index (χ0n) is 17.1. The first-order valence-corrected chi connectivity index (χ1v) is 9.87. The van der Waals surface area contributed by atoms with Gasteiger partial charge in [-0.05, 0) is 37.5 Å². The molecule has 0 bridgehead atoms. The lowest BCUT2D eigenvalue weighted by atomic mass is 10.1. The van der Waals surface area contributed by atoms with E-state index in [2.05, 4.69) is 63.3 Å². The molecule has 0 aliphatic carbocycles. The molecular formula is C20H33IN6O. The van der Waals surface area contributed by atoms with Gasteiger partial charge in [-0.25, -0.2) is 0 Å². The Bertz CT molecular complexity index is 704. The van der Waals surface area contributed by atoms with E-state index in [1.54, 1.807) is 6.33 Å². The average Bonchev–Trinajstić information content (AvgIpc) is 3.14. The third kappa shape index (κ3) is 8.45. The van der Waals surface area contributed by atoms with Crippen molar-refractivity contribution in [2.75, 3.05) is 26.2 Å². The van der Waals surface area contributed by atoms with Crippen molar-refractivity contribution >= 4 is 29.9 Å². The van der Waals surface area contributed by atoms with Gasteiger partial charge in [0.25, 0.3) is 0 Å². The van der Waals surface area contributed by atoms with Gasteiger partial charge in [-0.1, -0.05) is 26.0 Å². The average molecular weight is 500 g/mol. The van der Waals surface area contributed by atoms with Crippen LogP contribution in [0, 0.1) is 0 Å². The second-order valence-electron chi connectivity index (χ2n) is 6.23. The van der Waals surface area contributed by atoms with Gasteiger partial charge in [-0.15, -0.1) is 34.2 Å². The van der Waals surface area contributed by atoms with Crippen molar-refractivity contribution in [1.29, 1.82) is 0 Å². The molecule has 0 saturated heterocycles. The van der Waals surface area contributed by atoms with Crippen LogP contribution >= 0.6 is 24.0 Å². The Morgan fingerprint density at radius 1 is 1.21 bits per heavy atom. The van der Waals surface area contributed by atoms with Gasteiger partial charge >= 0.3 is 0 Å².